The zero-order chi connectivity index (χ0) is 27.5. The summed E-state index contributed by atoms with van der Waals surface area (Å²) in [6, 6.07) is 9.08. The topological polar surface area (TPSA) is 76.2 Å². The van der Waals surface area contributed by atoms with E-state index in [2.05, 4.69) is 4.74 Å². The Morgan fingerprint density at radius 2 is 1.51 bits per heavy atom. The average molecular weight is 543 g/mol. The second-order valence-corrected chi connectivity index (χ2v) is 7.69. The molecule has 0 saturated carbocycles. The van der Waals surface area contributed by atoms with Gasteiger partial charge >= 0.3 is 18.3 Å². The molecule has 0 aliphatic heterocycles. The minimum absolute atomic E-state index is 0.0683. The number of alkyl halides is 3. The summed E-state index contributed by atoms with van der Waals surface area (Å²) in [5.41, 5.74) is -1.99. The highest BCUT2D eigenvalue weighted by Gasteiger charge is 2.36. The smallest absolute Gasteiger partial charge is 0.425 e. The number of urea groups is 1. The maximum Gasteiger partial charge on any atom is 0.425 e. The highest BCUT2D eigenvalue weighted by atomic mass is 35.5. The van der Waals surface area contributed by atoms with Crippen molar-refractivity contribution in [3.05, 3.63) is 88.4 Å². The van der Waals surface area contributed by atoms with Gasteiger partial charge in [0.15, 0.2) is 0 Å². The summed E-state index contributed by atoms with van der Waals surface area (Å²) in [6.45, 7) is 0. The molecule has 0 aliphatic rings. The van der Waals surface area contributed by atoms with Crippen molar-refractivity contribution in [2.75, 3.05) is 19.1 Å². The van der Waals surface area contributed by atoms with E-state index in [1.54, 1.807) is 0 Å². The van der Waals surface area contributed by atoms with Crippen LogP contribution >= 0.6 is 11.6 Å². The van der Waals surface area contributed by atoms with Gasteiger partial charge in [-0.05, 0) is 54.6 Å². The molecule has 0 radical (unpaired) electrons. The lowest BCUT2D eigenvalue weighted by molar-refractivity contribution is -0.137. The number of carbonyl (C=O) groups excluding carboxylic acids is 3. The maximum atomic E-state index is 14.1. The van der Waals surface area contributed by atoms with E-state index in [1.165, 1.54) is 31.3 Å². The molecule has 0 atom stereocenters. The van der Waals surface area contributed by atoms with Crippen LogP contribution < -0.4 is 9.64 Å². The number of amides is 4. The van der Waals surface area contributed by atoms with Crippen molar-refractivity contribution >= 4 is 35.3 Å². The molecule has 0 heterocycles. The van der Waals surface area contributed by atoms with Gasteiger partial charge in [0, 0.05) is 12.7 Å². The molecule has 3 aromatic rings. The predicted octanol–water partition coefficient (Wildman–Crippen LogP) is 6.89. The monoisotopic (exact) mass is 542 g/mol. The Labute approximate surface area is 211 Å². The first-order valence-electron chi connectivity index (χ1n) is 10.1. The first-order valence-corrected chi connectivity index (χ1v) is 10.5. The van der Waals surface area contributed by atoms with E-state index in [1.807, 2.05) is 0 Å². The molecule has 7 nitrogen and oxygen atoms in total. The van der Waals surface area contributed by atoms with Crippen LogP contribution in [0.3, 0.4) is 0 Å². The van der Waals surface area contributed by atoms with Gasteiger partial charge in [0.05, 0.1) is 17.7 Å². The number of imide groups is 3. The molecule has 0 fully saturated rings. The minimum Gasteiger partial charge on any atom is -0.456 e. The third-order valence-corrected chi connectivity index (χ3v) is 5.22. The molecule has 0 aliphatic carbocycles. The van der Waals surface area contributed by atoms with E-state index in [9.17, 15) is 36.3 Å². The number of hydrogen-bond donors (Lipinski definition) is 0. The molecule has 3 rings (SSSR count). The fourth-order valence-corrected chi connectivity index (χ4v) is 3.26. The molecule has 37 heavy (non-hydrogen) atoms. The van der Waals surface area contributed by atoms with E-state index in [4.69, 9.17) is 16.3 Å². The molecule has 0 bridgehead atoms. The number of halogens is 6. The molecule has 0 aromatic heterocycles. The zero-order valence-corrected chi connectivity index (χ0v) is 19.7. The molecule has 3 aromatic carbocycles. The molecule has 13 heteroatoms. The number of hydrogen-bond acceptors (Lipinski definition) is 5. The van der Waals surface area contributed by atoms with Crippen molar-refractivity contribution < 1.29 is 45.8 Å². The van der Waals surface area contributed by atoms with E-state index in [0.717, 1.165) is 42.3 Å². The van der Waals surface area contributed by atoms with Crippen LogP contribution in [0, 0.1) is 11.6 Å². The van der Waals surface area contributed by atoms with E-state index < -0.39 is 47.0 Å². The summed E-state index contributed by atoms with van der Waals surface area (Å²) in [5, 5.41) is -0.293. The number of anilines is 1. The third kappa shape index (κ3) is 5.97. The fraction of sp³-hybridized carbons (Fsp3) is 0.125. The van der Waals surface area contributed by atoms with E-state index in [-0.39, 0.29) is 27.1 Å². The summed E-state index contributed by atoms with van der Waals surface area (Å²) in [6.07, 6.45) is -6.07. The molecular formula is C24H16ClF5N2O5. The van der Waals surface area contributed by atoms with Crippen LogP contribution in [0.25, 0.3) is 0 Å². The first-order chi connectivity index (χ1) is 17.3. The molecule has 0 spiro atoms. The van der Waals surface area contributed by atoms with Gasteiger partial charge in [-0.3, -0.25) is 9.69 Å². The Hall–Kier alpha value is -4.19. The van der Waals surface area contributed by atoms with Crippen LogP contribution in [0.15, 0.2) is 60.7 Å². The number of ether oxygens (including phenoxy) is 2. The minimum atomic E-state index is -4.58. The van der Waals surface area contributed by atoms with Crippen LogP contribution in [0.5, 0.6) is 11.5 Å². The van der Waals surface area contributed by atoms with Crippen molar-refractivity contribution in [3.63, 3.8) is 0 Å². The van der Waals surface area contributed by atoms with Crippen LogP contribution in [-0.2, 0) is 10.9 Å². The largest absolute Gasteiger partial charge is 0.456 e. The fourth-order valence-electron chi connectivity index (χ4n) is 3.04. The standard InChI is InChI=1S/C24H16ClF5N2O5/c1-31(22(34)32(23(35)36-2)21(33)20-17(26)4-3-5-18(20)27)14-7-9-15(10-8-14)37-19-11-6-13(12-16(19)25)24(28,29)30/h3-12H,1-2H3. The van der Waals surface area contributed by atoms with Gasteiger partial charge in [0.2, 0.25) is 0 Å². The third-order valence-electron chi connectivity index (χ3n) is 4.93. The Morgan fingerprint density at radius 3 is 2.03 bits per heavy atom. The van der Waals surface area contributed by atoms with E-state index in [0.29, 0.717) is 6.07 Å². The van der Waals surface area contributed by atoms with Gasteiger partial charge in [-0.1, -0.05) is 17.7 Å². The van der Waals surface area contributed by atoms with Crippen molar-refractivity contribution in [1.29, 1.82) is 0 Å². The Kier molecular flexibility index (Phi) is 8.02. The number of nitrogens with zero attached hydrogens (tertiary/aromatic N) is 2. The van der Waals surface area contributed by atoms with Crippen molar-refractivity contribution in [1.82, 2.24) is 4.90 Å². The number of benzene rings is 3. The van der Waals surface area contributed by atoms with Crippen LogP contribution in [0.4, 0.5) is 37.2 Å². The highest BCUT2D eigenvalue weighted by molar-refractivity contribution is 6.32. The van der Waals surface area contributed by atoms with Gasteiger partial charge in [-0.15, -0.1) is 0 Å². The summed E-state index contributed by atoms with van der Waals surface area (Å²) < 4.78 is 76.5. The van der Waals surface area contributed by atoms with Crippen LogP contribution in [0.2, 0.25) is 5.02 Å². The summed E-state index contributed by atoms with van der Waals surface area (Å²) >= 11 is 5.88. The highest BCUT2D eigenvalue weighted by Crippen LogP contribution is 2.36. The quantitative estimate of drug-likeness (QED) is 0.335. The molecular weight excluding hydrogens is 527 g/mol. The Balaban J connectivity index is 1.83. The van der Waals surface area contributed by atoms with E-state index >= 15 is 0 Å². The molecule has 0 N–H and O–H groups in total. The summed E-state index contributed by atoms with van der Waals surface area (Å²) in [5.74, 6) is -4.12. The van der Waals surface area contributed by atoms with Gasteiger partial charge in [0.1, 0.15) is 28.7 Å². The first kappa shape index (κ1) is 27.4. The molecule has 194 valence electrons. The van der Waals surface area contributed by atoms with Crippen molar-refractivity contribution in [2.24, 2.45) is 0 Å². The predicted molar refractivity (Wildman–Crippen MR) is 122 cm³/mol. The Bertz CT molecular complexity index is 1330. The zero-order valence-electron chi connectivity index (χ0n) is 19.0. The SMILES string of the molecule is COC(=O)N(C(=O)c1c(F)cccc1F)C(=O)N(C)c1ccc(Oc2ccc(C(F)(F)F)cc2Cl)cc1. The second kappa shape index (κ2) is 10.8. The lowest BCUT2D eigenvalue weighted by Gasteiger charge is -2.25. The van der Waals surface area contributed by atoms with Gasteiger partial charge in [-0.25, -0.2) is 18.4 Å². The van der Waals surface area contributed by atoms with Gasteiger partial charge < -0.3 is 9.47 Å². The second-order valence-electron chi connectivity index (χ2n) is 7.29. The van der Waals surface area contributed by atoms with Gasteiger partial charge in [0.25, 0.3) is 5.91 Å². The summed E-state index contributed by atoms with van der Waals surface area (Å²) in [7, 11) is 2.04. The molecule has 0 unspecified atom stereocenters. The van der Waals surface area contributed by atoms with Gasteiger partial charge in [-0.2, -0.15) is 18.1 Å². The van der Waals surface area contributed by atoms with Crippen LogP contribution in [-0.4, -0.2) is 37.1 Å². The average Bonchev–Trinajstić information content (AvgIpc) is 2.84. The van der Waals surface area contributed by atoms with Crippen molar-refractivity contribution in [2.45, 2.75) is 6.18 Å². The molecule has 4 amide bonds. The van der Waals surface area contributed by atoms with Crippen molar-refractivity contribution in [3.8, 4) is 11.5 Å². The maximum absolute atomic E-state index is 14.1. The molecule has 0 saturated heterocycles. The van der Waals surface area contributed by atoms with Crippen LogP contribution in [0.1, 0.15) is 15.9 Å². The Morgan fingerprint density at radius 1 is 0.919 bits per heavy atom. The lowest BCUT2D eigenvalue weighted by atomic mass is 10.1. The normalized spacial score (nSPS) is 11.0. The number of rotatable bonds is 4. The number of carbonyl (C=O) groups is 3. The number of methoxy groups -OCH3 is 1. The summed E-state index contributed by atoms with van der Waals surface area (Å²) in [4.78, 5) is 38.6. The lowest BCUT2D eigenvalue weighted by Crippen LogP contribution is -2.48.